The highest BCUT2D eigenvalue weighted by atomic mass is 19.4. The van der Waals surface area contributed by atoms with Gasteiger partial charge < -0.3 is 25.8 Å². The Bertz CT molecular complexity index is 1690. The smallest absolute Gasteiger partial charge is 0.368 e. The Kier molecular flexibility index (Phi) is 11.1. The van der Waals surface area contributed by atoms with Crippen LogP contribution in [0, 0.1) is 6.92 Å². The third-order valence-electron chi connectivity index (χ3n) is 8.04. The third-order valence-corrected chi connectivity index (χ3v) is 8.04. The maximum Gasteiger partial charge on any atom is 0.416 e. The number of nitrogens with two attached hydrogens (primary N) is 1. The molecule has 4 rings (SSSR count). The average Bonchev–Trinajstić information content (AvgIpc) is 3.01. The van der Waals surface area contributed by atoms with Crippen molar-refractivity contribution in [1.82, 2.24) is 14.7 Å². The van der Waals surface area contributed by atoms with Crippen LogP contribution >= 0.6 is 0 Å². The summed E-state index contributed by atoms with van der Waals surface area (Å²) in [7, 11) is 3.61. The summed E-state index contributed by atoms with van der Waals surface area (Å²) in [5.41, 5.74) is 3.66. The van der Waals surface area contributed by atoms with Gasteiger partial charge in [-0.05, 0) is 68.9 Å². The highest BCUT2D eigenvalue weighted by molar-refractivity contribution is 6.06. The highest BCUT2D eigenvalue weighted by Crippen LogP contribution is 2.37. The molecule has 0 saturated heterocycles. The van der Waals surface area contributed by atoms with Gasteiger partial charge in [0.05, 0.1) is 23.7 Å². The summed E-state index contributed by atoms with van der Waals surface area (Å²) in [6.07, 6.45) is -10.1. The number of hydrogen-bond acceptors (Lipinski definition) is 5. The van der Waals surface area contributed by atoms with Gasteiger partial charge in [0.2, 0.25) is 11.8 Å². The molecular formula is C34H35F6N5O4. The molecule has 3 aromatic rings. The number of amides is 4. The summed E-state index contributed by atoms with van der Waals surface area (Å²) in [5.74, 6) is -2.85. The molecule has 49 heavy (non-hydrogen) atoms. The minimum Gasteiger partial charge on any atom is -0.368 e. The molecule has 0 fully saturated rings. The van der Waals surface area contributed by atoms with Crippen LogP contribution in [0.25, 0.3) is 0 Å². The Morgan fingerprint density at radius 1 is 0.898 bits per heavy atom. The first kappa shape index (κ1) is 36.9. The lowest BCUT2D eigenvalue weighted by molar-refractivity contribution is -0.143. The van der Waals surface area contributed by atoms with Crippen molar-refractivity contribution >= 4 is 29.3 Å². The number of carbonyl (C=O) groups excluding carboxylic acids is 4. The van der Waals surface area contributed by atoms with Gasteiger partial charge >= 0.3 is 12.4 Å². The van der Waals surface area contributed by atoms with E-state index >= 15 is 0 Å². The van der Waals surface area contributed by atoms with Crippen molar-refractivity contribution in [2.24, 2.45) is 5.73 Å². The highest BCUT2D eigenvalue weighted by Gasteiger charge is 2.38. The number of alkyl halides is 6. The second-order valence-corrected chi connectivity index (χ2v) is 12.1. The average molecular weight is 692 g/mol. The summed E-state index contributed by atoms with van der Waals surface area (Å²) >= 11 is 0. The molecule has 0 bridgehead atoms. The number of halogens is 6. The van der Waals surface area contributed by atoms with E-state index < -0.39 is 58.7 Å². The monoisotopic (exact) mass is 691 g/mol. The molecular weight excluding hydrogens is 656 g/mol. The van der Waals surface area contributed by atoms with Crippen molar-refractivity contribution in [2.45, 2.75) is 38.2 Å². The lowest BCUT2D eigenvalue weighted by atomic mass is 9.88. The SMILES string of the molecule is Cc1ccc(C2Cc3ccc(NC(=O)c4cc(C(F)(F)F)cc(C(F)(F)F)c4)cc3C(=O)N2CCC(=O)N(CCN(C)C)CC(N)=O)cc1. The van der Waals surface area contributed by atoms with Gasteiger partial charge in [-0.1, -0.05) is 35.9 Å². The van der Waals surface area contributed by atoms with Crippen molar-refractivity contribution in [2.75, 3.05) is 45.6 Å². The number of benzene rings is 3. The normalized spacial score (nSPS) is 14.9. The Hall–Kier alpha value is -4.92. The maximum atomic E-state index is 14.0. The Labute approximate surface area is 278 Å². The molecule has 262 valence electrons. The summed E-state index contributed by atoms with van der Waals surface area (Å²) in [4.78, 5) is 56.5. The molecule has 4 amide bonds. The van der Waals surface area contributed by atoms with E-state index in [4.69, 9.17) is 5.73 Å². The molecule has 0 spiro atoms. The van der Waals surface area contributed by atoms with Crippen LogP contribution < -0.4 is 11.1 Å². The molecule has 1 aliphatic rings. The molecule has 0 aliphatic carbocycles. The first-order valence-electron chi connectivity index (χ1n) is 15.2. The first-order valence-corrected chi connectivity index (χ1v) is 15.2. The molecule has 1 heterocycles. The van der Waals surface area contributed by atoms with Gasteiger partial charge in [0.15, 0.2) is 0 Å². The van der Waals surface area contributed by atoms with Crippen molar-refractivity contribution in [3.05, 3.63) is 99.6 Å². The summed E-state index contributed by atoms with van der Waals surface area (Å²) in [6, 6.07) is 11.8. The summed E-state index contributed by atoms with van der Waals surface area (Å²) in [5, 5.41) is 2.30. The predicted molar refractivity (Wildman–Crippen MR) is 168 cm³/mol. The van der Waals surface area contributed by atoms with Crippen LogP contribution in [0.1, 0.15) is 61.0 Å². The van der Waals surface area contributed by atoms with Gasteiger partial charge in [0.1, 0.15) is 0 Å². The van der Waals surface area contributed by atoms with E-state index in [1.54, 1.807) is 20.2 Å². The molecule has 1 unspecified atom stereocenters. The van der Waals surface area contributed by atoms with E-state index in [1.807, 2.05) is 36.1 Å². The van der Waals surface area contributed by atoms with Crippen molar-refractivity contribution in [1.29, 1.82) is 0 Å². The largest absolute Gasteiger partial charge is 0.416 e. The topological polar surface area (TPSA) is 116 Å². The summed E-state index contributed by atoms with van der Waals surface area (Å²) in [6.45, 7) is 2.25. The number of aryl methyl sites for hydroxylation is 1. The van der Waals surface area contributed by atoms with Gasteiger partial charge in [-0.25, -0.2) is 0 Å². The lowest BCUT2D eigenvalue weighted by Crippen LogP contribution is -2.45. The number of carbonyl (C=O) groups is 4. The maximum absolute atomic E-state index is 14.0. The molecule has 1 atom stereocenters. The molecule has 0 radical (unpaired) electrons. The third kappa shape index (κ3) is 9.37. The minimum atomic E-state index is -5.14. The van der Waals surface area contributed by atoms with Gasteiger partial charge in [0, 0.05) is 42.9 Å². The fourth-order valence-corrected chi connectivity index (χ4v) is 5.45. The summed E-state index contributed by atoms with van der Waals surface area (Å²) < 4.78 is 80.2. The Balaban J connectivity index is 1.63. The van der Waals surface area contributed by atoms with Crippen molar-refractivity contribution in [3.63, 3.8) is 0 Å². The molecule has 3 N–H and O–H groups in total. The van der Waals surface area contributed by atoms with Crippen molar-refractivity contribution < 1.29 is 45.5 Å². The number of likely N-dealkylation sites (N-methyl/N-ethyl adjacent to an activating group) is 1. The number of primary amides is 1. The van der Waals surface area contributed by atoms with E-state index in [0.717, 1.165) is 11.1 Å². The zero-order valence-corrected chi connectivity index (χ0v) is 26.9. The molecule has 0 saturated carbocycles. The predicted octanol–water partition coefficient (Wildman–Crippen LogP) is 5.29. The van der Waals surface area contributed by atoms with Gasteiger partial charge in [0.25, 0.3) is 11.8 Å². The molecule has 1 aliphatic heterocycles. The molecule has 3 aromatic carbocycles. The second kappa shape index (κ2) is 14.7. The second-order valence-electron chi connectivity index (χ2n) is 12.1. The number of hydrogen-bond donors (Lipinski definition) is 2. The van der Waals surface area contributed by atoms with Gasteiger partial charge in [-0.15, -0.1) is 0 Å². The van der Waals surface area contributed by atoms with E-state index in [2.05, 4.69) is 5.32 Å². The van der Waals surface area contributed by atoms with Crippen LogP contribution in [-0.4, -0.2) is 78.6 Å². The number of anilines is 1. The van der Waals surface area contributed by atoms with E-state index in [-0.39, 0.29) is 43.4 Å². The fourth-order valence-electron chi connectivity index (χ4n) is 5.45. The number of nitrogens with zero attached hydrogens (tertiary/aromatic N) is 3. The zero-order chi connectivity index (χ0) is 36.3. The molecule has 0 aromatic heterocycles. The van der Waals surface area contributed by atoms with Crippen molar-refractivity contribution in [3.8, 4) is 0 Å². The Morgan fingerprint density at radius 2 is 1.51 bits per heavy atom. The van der Waals surface area contributed by atoms with Crippen LogP contribution in [0.3, 0.4) is 0 Å². The number of rotatable bonds is 11. The quantitative estimate of drug-likeness (QED) is 0.265. The van der Waals surface area contributed by atoms with Gasteiger partial charge in [-0.3, -0.25) is 19.2 Å². The molecule has 15 heteroatoms. The Morgan fingerprint density at radius 3 is 2.06 bits per heavy atom. The standard InChI is InChI=1S/C34H35F6N5O4/c1-20-4-6-21(7-5-20)28-16-22-8-9-26(42-31(48)23-14-24(33(35,36)37)17-25(15-23)34(38,39)40)18-27(22)32(49)45(28)11-10-30(47)44(19-29(41)46)13-12-43(2)3/h4-9,14-15,17-18,28H,10-13,16,19H2,1-3H3,(H2,41,46)(H,42,48). The van der Waals surface area contributed by atoms with Crippen LogP contribution in [-0.2, 0) is 28.4 Å². The van der Waals surface area contributed by atoms with E-state index in [1.165, 1.54) is 21.9 Å². The van der Waals surface area contributed by atoms with Crippen LogP contribution in [0.5, 0.6) is 0 Å². The zero-order valence-electron chi connectivity index (χ0n) is 26.9. The first-order chi connectivity index (χ1) is 22.8. The van der Waals surface area contributed by atoms with Crippen LogP contribution in [0.2, 0.25) is 0 Å². The van der Waals surface area contributed by atoms with Crippen LogP contribution in [0.15, 0.2) is 60.7 Å². The van der Waals surface area contributed by atoms with E-state index in [0.29, 0.717) is 30.7 Å². The minimum absolute atomic E-state index is 0.0378. The lowest BCUT2D eigenvalue weighted by Gasteiger charge is -2.37. The van der Waals surface area contributed by atoms with Crippen LogP contribution in [0.4, 0.5) is 32.0 Å². The molecule has 9 nitrogen and oxygen atoms in total. The number of nitrogens with one attached hydrogen (secondary N) is 1. The van der Waals surface area contributed by atoms with Gasteiger partial charge in [-0.2, -0.15) is 26.3 Å². The fraction of sp³-hybridized carbons (Fsp3) is 0.353. The number of fused-ring (bicyclic) bond motifs is 1. The van der Waals surface area contributed by atoms with E-state index in [9.17, 15) is 45.5 Å².